The van der Waals surface area contributed by atoms with Gasteiger partial charge in [-0.25, -0.2) is 0 Å². The van der Waals surface area contributed by atoms with Crippen LogP contribution >= 0.6 is 0 Å². The Hall–Kier alpha value is -1.59. The highest BCUT2D eigenvalue weighted by Crippen LogP contribution is 2.21. The smallest absolute Gasteiger partial charge is 0.193 e. The van der Waals surface area contributed by atoms with E-state index in [0.29, 0.717) is 11.8 Å². The van der Waals surface area contributed by atoms with Crippen molar-refractivity contribution in [3.05, 3.63) is 35.9 Å². The first kappa shape index (κ1) is 20.2. The molecule has 1 aromatic rings. The van der Waals surface area contributed by atoms with Gasteiger partial charge in [-0.1, -0.05) is 30.3 Å². The minimum atomic E-state index is 0.594. The summed E-state index contributed by atoms with van der Waals surface area (Å²) in [7, 11) is 0. The standard InChI is InChI=1S/C22H35N3O2/c1-2-23-22(24-11-6-13-26-17-21-10-14-27-18-21)25-12-9-20(16-25)15-19-7-4-3-5-8-19/h3-5,7-8,20-21H,2,6,9-18H2,1H3,(H,23,24). The number of nitrogens with zero attached hydrogens (tertiary/aromatic N) is 2. The maximum atomic E-state index is 5.79. The SMILES string of the molecule is CCNC(=NCCCOCC1CCOC1)N1CCC(Cc2ccccc2)C1. The van der Waals surface area contributed by atoms with Crippen molar-refractivity contribution >= 4 is 5.96 Å². The topological polar surface area (TPSA) is 46.1 Å². The Labute approximate surface area is 164 Å². The van der Waals surface area contributed by atoms with Crippen molar-refractivity contribution in [2.45, 2.75) is 32.6 Å². The molecule has 2 atom stereocenters. The average Bonchev–Trinajstić information content (AvgIpc) is 3.36. The van der Waals surface area contributed by atoms with Crippen LogP contribution in [0.5, 0.6) is 0 Å². The number of guanidine groups is 1. The molecule has 27 heavy (non-hydrogen) atoms. The number of benzene rings is 1. The van der Waals surface area contributed by atoms with Gasteiger partial charge in [-0.3, -0.25) is 4.99 Å². The van der Waals surface area contributed by atoms with Gasteiger partial charge in [0, 0.05) is 45.3 Å². The number of aliphatic imine (C=N–C) groups is 1. The van der Waals surface area contributed by atoms with E-state index < -0.39 is 0 Å². The van der Waals surface area contributed by atoms with E-state index in [1.807, 2.05) is 0 Å². The first-order chi connectivity index (χ1) is 13.3. The van der Waals surface area contributed by atoms with Crippen LogP contribution in [-0.2, 0) is 15.9 Å². The molecule has 2 saturated heterocycles. The van der Waals surface area contributed by atoms with Crippen molar-refractivity contribution in [3.8, 4) is 0 Å². The summed E-state index contributed by atoms with van der Waals surface area (Å²) >= 11 is 0. The van der Waals surface area contributed by atoms with Crippen LogP contribution in [0.15, 0.2) is 35.3 Å². The minimum Gasteiger partial charge on any atom is -0.381 e. The Kier molecular flexibility index (Phi) is 8.43. The Balaban J connectivity index is 1.37. The van der Waals surface area contributed by atoms with E-state index in [-0.39, 0.29) is 0 Å². The van der Waals surface area contributed by atoms with Gasteiger partial charge in [0.05, 0.1) is 13.2 Å². The molecule has 0 bridgehead atoms. The van der Waals surface area contributed by atoms with Gasteiger partial charge in [-0.15, -0.1) is 0 Å². The average molecular weight is 374 g/mol. The number of rotatable bonds is 9. The molecule has 0 aliphatic carbocycles. The Morgan fingerprint density at radius 1 is 1.26 bits per heavy atom. The zero-order chi connectivity index (χ0) is 18.7. The lowest BCUT2D eigenvalue weighted by Gasteiger charge is -2.21. The molecule has 150 valence electrons. The van der Waals surface area contributed by atoms with Gasteiger partial charge in [-0.05, 0) is 44.1 Å². The highest BCUT2D eigenvalue weighted by Gasteiger charge is 2.24. The fourth-order valence-corrected chi connectivity index (χ4v) is 3.88. The Morgan fingerprint density at radius 2 is 2.15 bits per heavy atom. The Morgan fingerprint density at radius 3 is 2.93 bits per heavy atom. The first-order valence-electron chi connectivity index (χ1n) is 10.6. The van der Waals surface area contributed by atoms with Gasteiger partial charge < -0.3 is 19.7 Å². The highest BCUT2D eigenvalue weighted by atomic mass is 16.5. The molecule has 2 fully saturated rings. The fraction of sp³-hybridized carbons (Fsp3) is 0.682. The highest BCUT2D eigenvalue weighted by molar-refractivity contribution is 5.80. The second kappa shape index (κ2) is 11.3. The summed E-state index contributed by atoms with van der Waals surface area (Å²) in [4.78, 5) is 7.26. The molecule has 0 amide bonds. The first-order valence-corrected chi connectivity index (χ1v) is 10.6. The van der Waals surface area contributed by atoms with Crippen molar-refractivity contribution in [2.24, 2.45) is 16.8 Å². The maximum absolute atomic E-state index is 5.79. The van der Waals surface area contributed by atoms with E-state index in [0.717, 1.165) is 77.8 Å². The van der Waals surface area contributed by atoms with Crippen molar-refractivity contribution in [1.82, 2.24) is 10.2 Å². The van der Waals surface area contributed by atoms with E-state index in [9.17, 15) is 0 Å². The summed E-state index contributed by atoms with van der Waals surface area (Å²) < 4.78 is 11.2. The molecule has 0 radical (unpaired) electrons. The van der Waals surface area contributed by atoms with E-state index in [2.05, 4.69) is 47.5 Å². The quantitative estimate of drug-likeness (QED) is 0.411. The molecule has 0 spiro atoms. The summed E-state index contributed by atoms with van der Waals surface area (Å²) in [5, 5.41) is 3.46. The molecule has 5 heteroatoms. The third-order valence-corrected chi connectivity index (χ3v) is 5.37. The summed E-state index contributed by atoms with van der Waals surface area (Å²) in [5.74, 6) is 2.38. The van der Waals surface area contributed by atoms with E-state index in [1.165, 1.54) is 12.0 Å². The predicted octanol–water partition coefficient (Wildman–Crippen LogP) is 2.96. The van der Waals surface area contributed by atoms with Crippen molar-refractivity contribution in [2.75, 3.05) is 52.6 Å². The Bertz CT molecular complexity index is 558. The number of hydrogen-bond acceptors (Lipinski definition) is 3. The van der Waals surface area contributed by atoms with Crippen molar-refractivity contribution < 1.29 is 9.47 Å². The number of nitrogens with one attached hydrogen (secondary N) is 1. The second-order valence-corrected chi connectivity index (χ2v) is 7.68. The lowest BCUT2D eigenvalue weighted by Crippen LogP contribution is -2.40. The van der Waals surface area contributed by atoms with Crippen LogP contribution in [0.2, 0.25) is 0 Å². The lowest BCUT2D eigenvalue weighted by molar-refractivity contribution is 0.0893. The van der Waals surface area contributed by atoms with Gasteiger partial charge in [0.2, 0.25) is 0 Å². The van der Waals surface area contributed by atoms with Gasteiger partial charge in [0.1, 0.15) is 0 Å². The zero-order valence-corrected chi connectivity index (χ0v) is 16.7. The molecular formula is C22H35N3O2. The van der Waals surface area contributed by atoms with E-state index >= 15 is 0 Å². The van der Waals surface area contributed by atoms with Gasteiger partial charge in [0.15, 0.2) is 5.96 Å². The van der Waals surface area contributed by atoms with Crippen LogP contribution in [0, 0.1) is 11.8 Å². The molecule has 2 aliphatic rings. The fourth-order valence-electron chi connectivity index (χ4n) is 3.88. The van der Waals surface area contributed by atoms with Crippen LogP contribution in [-0.4, -0.2) is 63.5 Å². The maximum Gasteiger partial charge on any atom is 0.193 e. The van der Waals surface area contributed by atoms with Gasteiger partial charge in [0.25, 0.3) is 0 Å². The molecule has 3 rings (SSSR count). The van der Waals surface area contributed by atoms with Crippen LogP contribution in [0.25, 0.3) is 0 Å². The van der Waals surface area contributed by atoms with Crippen LogP contribution < -0.4 is 5.32 Å². The van der Waals surface area contributed by atoms with E-state index in [4.69, 9.17) is 14.5 Å². The predicted molar refractivity (Wildman–Crippen MR) is 110 cm³/mol. The largest absolute Gasteiger partial charge is 0.381 e. The summed E-state index contributed by atoms with van der Waals surface area (Å²) in [6.07, 6.45) is 4.52. The summed E-state index contributed by atoms with van der Waals surface area (Å²) in [5.41, 5.74) is 1.44. The van der Waals surface area contributed by atoms with Crippen molar-refractivity contribution in [3.63, 3.8) is 0 Å². The molecular weight excluding hydrogens is 338 g/mol. The molecule has 2 heterocycles. The molecule has 2 aliphatic heterocycles. The van der Waals surface area contributed by atoms with Crippen LogP contribution in [0.4, 0.5) is 0 Å². The molecule has 1 aromatic carbocycles. The second-order valence-electron chi connectivity index (χ2n) is 7.68. The monoisotopic (exact) mass is 373 g/mol. The zero-order valence-electron chi connectivity index (χ0n) is 16.7. The molecule has 5 nitrogen and oxygen atoms in total. The van der Waals surface area contributed by atoms with Gasteiger partial charge >= 0.3 is 0 Å². The van der Waals surface area contributed by atoms with Crippen LogP contribution in [0.1, 0.15) is 31.7 Å². The third kappa shape index (κ3) is 6.82. The molecule has 0 saturated carbocycles. The number of hydrogen-bond donors (Lipinski definition) is 1. The molecule has 1 N–H and O–H groups in total. The van der Waals surface area contributed by atoms with Gasteiger partial charge in [-0.2, -0.15) is 0 Å². The number of likely N-dealkylation sites (tertiary alicyclic amines) is 1. The third-order valence-electron chi connectivity index (χ3n) is 5.37. The molecule has 2 unspecified atom stereocenters. The summed E-state index contributed by atoms with van der Waals surface area (Å²) in [6, 6.07) is 10.8. The number of ether oxygens (including phenoxy) is 2. The molecule has 0 aromatic heterocycles. The van der Waals surface area contributed by atoms with Crippen LogP contribution in [0.3, 0.4) is 0 Å². The van der Waals surface area contributed by atoms with E-state index in [1.54, 1.807) is 0 Å². The minimum absolute atomic E-state index is 0.594. The normalized spacial score (nSPS) is 23.1. The van der Waals surface area contributed by atoms with Crippen molar-refractivity contribution in [1.29, 1.82) is 0 Å². The summed E-state index contributed by atoms with van der Waals surface area (Å²) in [6.45, 7) is 9.45. The lowest BCUT2D eigenvalue weighted by atomic mass is 9.99.